The molecule has 3 heterocycles. The number of anilines is 2. The van der Waals surface area contributed by atoms with Gasteiger partial charge < -0.3 is 19.9 Å². The van der Waals surface area contributed by atoms with Gasteiger partial charge in [0, 0.05) is 44.2 Å². The molecule has 0 spiro atoms. The molecule has 28 heavy (non-hydrogen) atoms. The molecule has 0 atom stereocenters. The second-order valence-electron chi connectivity index (χ2n) is 8.29. The molecule has 7 nitrogen and oxygen atoms in total. The number of nitrogens with zero attached hydrogens (tertiary/aromatic N) is 4. The van der Waals surface area contributed by atoms with Crippen LogP contribution >= 0.6 is 0 Å². The molecule has 2 saturated heterocycles. The van der Waals surface area contributed by atoms with Gasteiger partial charge in [-0.3, -0.25) is 4.79 Å². The molecule has 1 amide bonds. The third-order valence-electron chi connectivity index (χ3n) is 6.36. The molecule has 3 aliphatic rings. The van der Waals surface area contributed by atoms with E-state index in [1.165, 1.54) is 25.7 Å². The molecule has 1 aromatic rings. The van der Waals surface area contributed by atoms with Crippen LogP contribution in [-0.2, 0) is 9.53 Å². The van der Waals surface area contributed by atoms with Crippen molar-refractivity contribution in [1.29, 1.82) is 0 Å². The van der Waals surface area contributed by atoms with Crippen LogP contribution in [0.5, 0.6) is 0 Å². The second-order valence-corrected chi connectivity index (χ2v) is 8.29. The highest BCUT2D eigenvalue weighted by atomic mass is 16.5. The predicted molar refractivity (Wildman–Crippen MR) is 110 cm³/mol. The van der Waals surface area contributed by atoms with Crippen molar-refractivity contribution in [1.82, 2.24) is 15.3 Å². The zero-order valence-electron chi connectivity index (χ0n) is 16.8. The van der Waals surface area contributed by atoms with Gasteiger partial charge in [-0.15, -0.1) is 0 Å². The van der Waals surface area contributed by atoms with E-state index in [1.54, 1.807) is 6.33 Å². The zero-order valence-corrected chi connectivity index (χ0v) is 16.8. The topological polar surface area (TPSA) is 70.6 Å². The number of morpholine rings is 1. The molecule has 0 aromatic carbocycles. The third kappa shape index (κ3) is 4.93. The van der Waals surface area contributed by atoms with E-state index >= 15 is 0 Å². The van der Waals surface area contributed by atoms with Crippen molar-refractivity contribution in [3.05, 3.63) is 12.4 Å². The van der Waals surface area contributed by atoms with Crippen molar-refractivity contribution < 1.29 is 9.53 Å². The summed E-state index contributed by atoms with van der Waals surface area (Å²) < 4.78 is 5.43. The van der Waals surface area contributed by atoms with Crippen LogP contribution < -0.4 is 15.1 Å². The van der Waals surface area contributed by atoms with E-state index in [9.17, 15) is 4.79 Å². The molecule has 0 bridgehead atoms. The molecule has 7 heteroatoms. The fourth-order valence-corrected chi connectivity index (χ4v) is 4.59. The third-order valence-corrected chi connectivity index (χ3v) is 6.36. The minimum absolute atomic E-state index is 0.139. The molecule has 0 radical (unpaired) electrons. The fraction of sp³-hybridized carbons (Fsp3) is 0.762. The Bertz CT molecular complexity index is 633. The smallest absolute Gasteiger partial charge is 0.223 e. The maximum absolute atomic E-state index is 12.7. The average molecular weight is 388 g/mol. The van der Waals surface area contributed by atoms with Crippen molar-refractivity contribution in [2.24, 2.45) is 5.92 Å². The summed E-state index contributed by atoms with van der Waals surface area (Å²) in [5.41, 5.74) is 0. The Balaban J connectivity index is 1.29. The molecular weight excluding hydrogens is 354 g/mol. The molecule has 1 N–H and O–H groups in total. The first-order chi connectivity index (χ1) is 13.8. The van der Waals surface area contributed by atoms with E-state index in [-0.39, 0.29) is 11.8 Å². The largest absolute Gasteiger partial charge is 0.378 e. The van der Waals surface area contributed by atoms with Gasteiger partial charge in [-0.2, -0.15) is 0 Å². The summed E-state index contributed by atoms with van der Waals surface area (Å²) in [7, 11) is 0. The van der Waals surface area contributed by atoms with E-state index < -0.39 is 0 Å². The summed E-state index contributed by atoms with van der Waals surface area (Å²) in [6, 6.07) is 2.48. The van der Waals surface area contributed by atoms with E-state index in [0.29, 0.717) is 6.04 Å². The van der Waals surface area contributed by atoms with Crippen molar-refractivity contribution in [3.8, 4) is 0 Å². The quantitative estimate of drug-likeness (QED) is 0.800. The Morgan fingerprint density at radius 3 is 2.14 bits per heavy atom. The standard InChI is InChI=1S/C21H33N5O2/c27-21(24-18-5-3-1-2-4-6-18)17-7-9-25(10-8-17)19-15-20(23-16-22-19)26-11-13-28-14-12-26/h15-18H,1-14H2,(H,24,27). The van der Waals surface area contributed by atoms with Crippen molar-refractivity contribution in [2.45, 2.75) is 57.4 Å². The molecule has 1 aromatic heterocycles. The number of hydrogen-bond acceptors (Lipinski definition) is 6. The number of amides is 1. The van der Waals surface area contributed by atoms with Gasteiger partial charge in [-0.05, 0) is 25.7 Å². The highest BCUT2D eigenvalue weighted by Crippen LogP contribution is 2.25. The molecule has 154 valence electrons. The summed E-state index contributed by atoms with van der Waals surface area (Å²) >= 11 is 0. The normalized spacial score (nSPS) is 22.7. The summed E-state index contributed by atoms with van der Waals surface area (Å²) in [4.78, 5) is 26.2. The maximum Gasteiger partial charge on any atom is 0.223 e. The van der Waals surface area contributed by atoms with Crippen LogP contribution in [0.1, 0.15) is 51.4 Å². The van der Waals surface area contributed by atoms with Crippen LogP contribution in [0.15, 0.2) is 12.4 Å². The molecule has 0 unspecified atom stereocenters. The number of aromatic nitrogens is 2. The highest BCUT2D eigenvalue weighted by molar-refractivity contribution is 5.79. The lowest BCUT2D eigenvalue weighted by molar-refractivity contribution is -0.126. The second kappa shape index (κ2) is 9.54. The van der Waals surface area contributed by atoms with E-state index in [2.05, 4.69) is 31.2 Å². The Morgan fingerprint density at radius 1 is 0.893 bits per heavy atom. The Hall–Kier alpha value is -1.89. The Kier molecular flexibility index (Phi) is 6.62. The molecular formula is C21H33N5O2. The first-order valence-electron chi connectivity index (χ1n) is 11.0. The van der Waals surface area contributed by atoms with Gasteiger partial charge >= 0.3 is 0 Å². The summed E-state index contributed by atoms with van der Waals surface area (Å²) in [5, 5.41) is 3.33. The van der Waals surface area contributed by atoms with Crippen LogP contribution in [0.3, 0.4) is 0 Å². The van der Waals surface area contributed by atoms with Gasteiger partial charge in [-0.1, -0.05) is 25.7 Å². The van der Waals surface area contributed by atoms with Gasteiger partial charge in [0.05, 0.1) is 13.2 Å². The molecule has 2 aliphatic heterocycles. The van der Waals surface area contributed by atoms with Crippen LogP contribution in [0.25, 0.3) is 0 Å². The minimum Gasteiger partial charge on any atom is -0.378 e. The van der Waals surface area contributed by atoms with Crippen molar-refractivity contribution in [3.63, 3.8) is 0 Å². The number of rotatable bonds is 4. The molecule has 3 fully saturated rings. The van der Waals surface area contributed by atoms with Gasteiger partial charge in [-0.25, -0.2) is 9.97 Å². The van der Waals surface area contributed by atoms with Crippen LogP contribution in [0.2, 0.25) is 0 Å². The summed E-state index contributed by atoms with van der Waals surface area (Å²) in [6.45, 7) is 5.01. The molecule has 1 aliphatic carbocycles. The van der Waals surface area contributed by atoms with Gasteiger partial charge in [0.15, 0.2) is 0 Å². The van der Waals surface area contributed by atoms with Crippen LogP contribution in [-0.4, -0.2) is 61.3 Å². The van der Waals surface area contributed by atoms with Crippen molar-refractivity contribution in [2.75, 3.05) is 49.2 Å². The highest BCUT2D eigenvalue weighted by Gasteiger charge is 2.27. The first kappa shape index (κ1) is 19.4. The molecule has 1 saturated carbocycles. The lowest BCUT2D eigenvalue weighted by Gasteiger charge is -2.33. The summed E-state index contributed by atoms with van der Waals surface area (Å²) in [5.74, 6) is 2.35. The van der Waals surface area contributed by atoms with E-state index in [0.717, 1.165) is 76.7 Å². The number of carbonyl (C=O) groups is 1. The van der Waals surface area contributed by atoms with Crippen molar-refractivity contribution >= 4 is 17.5 Å². The first-order valence-corrected chi connectivity index (χ1v) is 11.0. The predicted octanol–water partition coefficient (Wildman–Crippen LogP) is 2.37. The maximum atomic E-state index is 12.7. The number of ether oxygens (including phenoxy) is 1. The molecule has 4 rings (SSSR count). The monoisotopic (exact) mass is 387 g/mol. The van der Waals surface area contributed by atoms with Gasteiger partial charge in [0.2, 0.25) is 5.91 Å². The van der Waals surface area contributed by atoms with Gasteiger partial charge in [0.1, 0.15) is 18.0 Å². The van der Waals surface area contributed by atoms with Gasteiger partial charge in [0.25, 0.3) is 0 Å². The Labute approximate surface area is 167 Å². The lowest BCUT2D eigenvalue weighted by Crippen LogP contribution is -2.44. The summed E-state index contributed by atoms with van der Waals surface area (Å²) in [6.07, 6.45) is 10.9. The SMILES string of the molecule is O=C(NC1CCCCCC1)C1CCN(c2cc(N3CCOCC3)ncn2)CC1. The Morgan fingerprint density at radius 2 is 1.50 bits per heavy atom. The lowest BCUT2D eigenvalue weighted by atomic mass is 9.95. The number of hydrogen-bond donors (Lipinski definition) is 1. The zero-order chi connectivity index (χ0) is 19.2. The van der Waals surface area contributed by atoms with E-state index in [4.69, 9.17) is 4.74 Å². The van der Waals surface area contributed by atoms with Crippen LogP contribution in [0, 0.1) is 5.92 Å². The van der Waals surface area contributed by atoms with Crippen LogP contribution in [0.4, 0.5) is 11.6 Å². The minimum atomic E-state index is 0.139. The number of piperidine rings is 1. The number of carbonyl (C=O) groups excluding carboxylic acids is 1. The fourth-order valence-electron chi connectivity index (χ4n) is 4.59. The number of nitrogens with one attached hydrogen (secondary N) is 1. The average Bonchev–Trinajstić information content (AvgIpc) is 3.03. The van der Waals surface area contributed by atoms with E-state index in [1.807, 2.05) is 0 Å².